The van der Waals surface area contributed by atoms with Gasteiger partial charge in [-0.25, -0.2) is 9.97 Å². The number of nitrogens with one attached hydrogen (secondary N) is 2. The number of rotatable bonds is 6. The molecule has 1 amide bonds. The molecule has 0 radical (unpaired) electrons. The quantitative estimate of drug-likeness (QED) is 0.811. The minimum absolute atomic E-state index is 0.151. The Bertz CT molecular complexity index is 375. The van der Waals surface area contributed by atoms with Crippen LogP contribution in [-0.4, -0.2) is 28.5 Å². The van der Waals surface area contributed by atoms with Gasteiger partial charge in [0.15, 0.2) is 0 Å². The van der Waals surface area contributed by atoms with Crippen LogP contribution in [0.2, 0.25) is 0 Å². The van der Waals surface area contributed by atoms with E-state index in [-0.39, 0.29) is 11.9 Å². The predicted molar refractivity (Wildman–Crippen MR) is 72.6 cm³/mol. The Balaban J connectivity index is 2.56. The van der Waals surface area contributed by atoms with Crippen LogP contribution in [0.1, 0.15) is 44.6 Å². The van der Waals surface area contributed by atoms with Gasteiger partial charge in [-0.05, 0) is 19.3 Å². The Morgan fingerprint density at radius 3 is 2.50 bits per heavy atom. The van der Waals surface area contributed by atoms with Crippen LogP contribution in [0.5, 0.6) is 0 Å². The first-order valence-electron chi connectivity index (χ1n) is 6.39. The lowest BCUT2D eigenvalue weighted by molar-refractivity contribution is 0.0934. The van der Waals surface area contributed by atoms with E-state index in [0.29, 0.717) is 17.4 Å². The van der Waals surface area contributed by atoms with Gasteiger partial charge in [-0.1, -0.05) is 20.8 Å². The molecular weight excluding hydrogens is 228 g/mol. The number of aromatic nitrogens is 2. The molecule has 0 aromatic carbocycles. The van der Waals surface area contributed by atoms with Crippen molar-refractivity contribution >= 4 is 11.7 Å². The molecule has 5 heteroatoms. The second-order valence-electron chi connectivity index (χ2n) is 4.84. The van der Waals surface area contributed by atoms with Gasteiger partial charge >= 0.3 is 0 Å². The molecule has 5 nitrogen and oxygen atoms in total. The highest BCUT2D eigenvalue weighted by Gasteiger charge is 2.10. The molecule has 0 fully saturated rings. The van der Waals surface area contributed by atoms with Crippen molar-refractivity contribution in [3.05, 3.63) is 18.1 Å². The Labute approximate surface area is 108 Å². The number of amides is 1. The Kier molecular flexibility index (Phi) is 5.55. The van der Waals surface area contributed by atoms with Gasteiger partial charge in [-0.15, -0.1) is 0 Å². The summed E-state index contributed by atoms with van der Waals surface area (Å²) in [5.41, 5.74) is 0.352. The first-order chi connectivity index (χ1) is 8.52. The van der Waals surface area contributed by atoms with Crippen molar-refractivity contribution in [1.29, 1.82) is 0 Å². The summed E-state index contributed by atoms with van der Waals surface area (Å²) in [6.07, 6.45) is 3.99. The van der Waals surface area contributed by atoms with Crippen molar-refractivity contribution in [2.45, 2.75) is 40.2 Å². The fourth-order valence-corrected chi connectivity index (χ4v) is 1.25. The van der Waals surface area contributed by atoms with E-state index in [2.05, 4.69) is 34.4 Å². The lowest BCUT2D eigenvalue weighted by Gasteiger charge is -2.11. The van der Waals surface area contributed by atoms with E-state index in [1.54, 1.807) is 6.20 Å². The van der Waals surface area contributed by atoms with Crippen molar-refractivity contribution < 1.29 is 4.79 Å². The molecule has 1 heterocycles. The van der Waals surface area contributed by atoms with Gasteiger partial charge < -0.3 is 10.6 Å². The summed E-state index contributed by atoms with van der Waals surface area (Å²) in [4.78, 5) is 20.0. The maximum absolute atomic E-state index is 11.8. The summed E-state index contributed by atoms with van der Waals surface area (Å²) in [6, 6.07) is 0.151. The third-order valence-corrected chi connectivity index (χ3v) is 2.57. The van der Waals surface area contributed by atoms with Crippen LogP contribution in [-0.2, 0) is 0 Å². The fourth-order valence-electron chi connectivity index (χ4n) is 1.25. The monoisotopic (exact) mass is 250 g/mol. The smallest absolute Gasteiger partial charge is 0.271 e. The predicted octanol–water partition coefficient (Wildman–Crippen LogP) is 2.07. The first-order valence-corrected chi connectivity index (χ1v) is 6.39. The van der Waals surface area contributed by atoms with Gasteiger partial charge in [0.05, 0.1) is 12.4 Å². The average Bonchev–Trinajstić information content (AvgIpc) is 2.36. The zero-order valence-electron chi connectivity index (χ0n) is 11.5. The zero-order chi connectivity index (χ0) is 13.5. The summed E-state index contributed by atoms with van der Waals surface area (Å²) in [5.74, 6) is 1.07. The molecule has 1 aromatic rings. The molecule has 1 atom stereocenters. The molecular formula is C13H22N4O. The number of hydrogen-bond acceptors (Lipinski definition) is 4. The molecule has 0 aliphatic heterocycles. The number of nitrogens with zero attached hydrogens (tertiary/aromatic N) is 2. The average molecular weight is 250 g/mol. The number of carbonyl (C=O) groups excluding carboxylic acids is 1. The Morgan fingerprint density at radius 1 is 1.28 bits per heavy atom. The molecule has 1 unspecified atom stereocenters. The highest BCUT2D eigenvalue weighted by molar-refractivity contribution is 5.92. The third-order valence-electron chi connectivity index (χ3n) is 2.57. The fraction of sp³-hybridized carbons (Fsp3) is 0.615. The maximum Gasteiger partial charge on any atom is 0.271 e. The van der Waals surface area contributed by atoms with Crippen LogP contribution in [0.25, 0.3) is 0 Å². The Hall–Kier alpha value is -1.65. The summed E-state index contributed by atoms with van der Waals surface area (Å²) in [5, 5.41) is 6.01. The van der Waals surface area contributed by atoms with Crippen molar-refractivity contribution in [2.75, 3.05) is 11.9 Å². The molecule has 0 bridgehead atoms. The second-order valence-corrected chi connectivity index (χ2v) is 4.84. The van der Waals surface area contributed by atoms with E-state index >= 15 is 0 Å². The Morgan fingerprint density at radius 2 is 2.00 bits per heavy atom. The zero-order valence-corrected chi connectivity index (χ0v) is 11.5. The molecule has 2 N–H and O–H groups in total. The van der Waals surface area contributed by atoms with Crippen molar-refractivity contribution in [1.82, 2.24) is 15.3 Å². The molecule has 18 heavy (non-hydrogen) atoms. The topological polar surface area (TPSA) is 66.9 Å². The van der Waals surface area contributed by atoms with E-state index in [9.17, 15) is 4.79 Å². The highest BCUT2D eigenvalue weighted by Crippen LogP contribution is 2.03. The van der Waals surface area contributed by atoms with E-state index in [1.807, 2.05) is 13.8 Å². The molecule has 0 spiro atoms. The maximum atomic E-state index is 11.8. The van der Waals surface area contributed by atoms with E-state index in [1.165, 1.54) is 6.20 Å². The third kappa shape index (κ3) is 4.69. The van der Waals surface area contributed by atoms with Gasteiger partial charge in [0, 0.05) is 12.6 Å². The second kappa shape index (κ2) is 6.93. The normalized spacial score (nSPS) is 12.3. The van der Waals surface area contributed by atoms with Gasteiger partial charge in [-0.2, -0.15) is 0 Å². The molecule has 1 aromatic heterocycles. The summed E-state index contributed by atoms with van der Waals surface area (Å²) >= 11 is 0. The minimum atomic E-state index is -0.174. The van der Waals surface area contributed by atoms with Crippen LogP contribution in [0.15, 0.2) is 12.4 Å². The molecule has 0 saturated heterocycles. The van der Waals surface area contributed by atoms with Crippen LogP contribution < -0.4 is 10.6 Å². The van der Waals surface area contributed by atoms with Crippen LogP contribution in [0.4, 0.5) is 5.82 Å². The molecule has 0 aliphatic rings. The number of carbonyl (C=O) groups is 1. The first kappa shape index (κ1) is 14.4. The van der Waals surface area contributed by atoms with Gasteiger partial charge in [0.2, 0.25) is 0 Å². The lowest BCUT2D eigenvalue weighted by atomic mass is 10.2. The van der Waals surface area contributed by atoms with Crippen molar-refractivity contribution in [2.24, 2.45) is 5.92 Å². The van der Waals surface area contributed by atoms with Gasteiger partial charge in [-0.3, -0.25) is 4.79 Å². The molecule has 0 saturated carbocycles. The highest BCUT2D eigenvalue weighted by atomic mass is 16.1. The van der Waals surface area contributed by atoms with Crippen LogP contribution >= 0.6 is 0 Å². The van der Waals surface area contributed by atoms with Crippen molar-refractivity contribution in [3.8, 4) is 0 Å². The molecule has 100 valence electrons. The van der Waals surface area contributed by atoms with E-state index < -0.39 is 0 Å². The number of hydrogen-bond donors (Lipinski definition) is 2. The summed E-state index contributed by atoms with van der Waals surface area (Å²) in [7, 11) is 0. The lowest BCUT2D eigenvalue weighted by Crippen LogP contribution is -2.32. The number of anilines is 1. The van der Waals surface area contributed by atoms with E-state index in [0.717, 1.165) is 13.0 Å². The SMILES string of the molecule is CCC(C)NC(=O)c1cnc(NCC(C)C)cn1. The van der Waals surface area contributed by atoms with Gasteiger partial charge in [0.25, 0.3) is 5.91 Å². The largest absolute Gasteiger partial charge is 0.369 e. The molecule has 1 rings (SSSR count). The van der Waals surface area contributed by atoms with Crippen LogP contribution in [0, 0.1) is 5.92 Å². The van der Waals surface area contributed by atoms with Crippen molar-refractivity contribution in [3.63, 3.8) is 0 Å². The van der Waals surface area contributed by atoms with E-state index in [4.69, 9.17) is 0 Å². The summed E-state index contributed by atoms with van der Waals surface area (Å²) in [6.45, 7) is 9.06. The standard InChI is InChI=1S/C13H22N4O/c1-5-10(4)17-13(18)11-7-16-12(8-14-11)15-6-9(2)3/h7-10H,5-6H2,1-4H3,(H,15,16)(H,17,18). The van der Waals surface area contributed by atoms with Gasteiger partial charge in [0.1, 0.15) is 11.5 Å². The molecule has 0 aliphatic carbocycles. The minimum Gasteiger partial charge on any atom is -0.369 e. The summed E-state index contributed by atoms with van der Waals surface area (Å²) < 4.78 is 0. The van der Waals surface area contributed by atoms with Crippen LogP contribution in [0.3, 0.4) is 0 Å².